The Labute approximate surface area is 118 Å². The average molecular weight is 274 g/mol. The molecule has 0 spiro atoms. The van der Waals surface area contributed by atoms with E-state index >= 15 is 0 Å². The summed E-state index contributed by atoms with van der Waals surface area (Å²) in [5.74, 6) is 4.74. The summed E-state index contributed by atoms with van der Waals surface area (Å²) in [5, 5.41) is 2.51. The highest BCUT2D eigenvalue weighted by atomic mass is 16.5. The highest BCUT2D eigenvalue weighted by Gasteiger charge is 2.12. The summed E-state index contributed by atoms with van der Waals surface area (Å²) in [7, 11) is 0. The molecule has 0 saturated carbocycles. The standard InChI is InChI=1S/C15H18N2O3/c1-3-20-14(18)10-17-15(19)13-7-6-11(2)9-12(13)5-4-8-16/h6-7,9H,3,8,10,16H2,1-2H3,(H,17,19). The second-order valence-corrected chi connectivity index (χ2v) is 4.04. The van der Waals surface area contributed by atoms with Gasteiger partial charge in [-0.25, -0.2) is 0 Å². The van der Waals surface area contributed by atoms with Gasteiger partial charge >= 0.3 is 5.97 Å². The number of aryl methyl sites for hydroxylation is 1. The van der Waals surface area contributed by atoms with Crippen LogP contribution in [0.25, 0.3) is 0 Å². The minimum atomic E-state index is -0.470. The predicted molar refractivity (Wildman–Crippen MR) is 76.1 cm³/mol. The van der Waals surface area contributed by atoms with Crippen LogP contribution in [-0.4, -0.2) is 31.6 Å². The number of hydrogen-bond acceptors (Lipinski definition) is 4. The van der Waals surface area contributed by atoms with Gasteiger partial charge in [-0.15, -0.1) is 0 Å². The van der Waals surface area contributed by atoms with Gasteiger partial charge in [0.05, 0.1) is 18.7 Å². The highest BCUT2D eigenvalue weighted by Crippen LogP contribution is 2.10. The fraction of sp³-hybridized carbons (Fsp3) is 0.333. The largest absolute Gasteiger partial charge is 0.465 e. The molecule has 0 bridgehead atoms. The summed E-state index contributed by atoms with van der Waals surface area (Å²) >= 11 is 0. The summed E-state index contributed by atoms with van der Waals surface area (Å²) in [4.78, 5) is 23.2. The van der Waals surface area contributed by atoms with E-state index in [2.05, 4.69) is 17.2 Å². The lowest BCUT2D eigenvalue weighted by atomic mass is 10.0. The molecule has 0 radical (unpaired) electrons. The van der Waals surface area contributed by atoms with Crippen LogP contribution < -0.4 is 11.1 Å². The van der Waals surface area contributed by atoms with E-state index in [0.717, 1.165) is 5.56 Å². The van der Waals surface area contributed by atoms with Crippen LogP contribution in [-0.2, 0) is 9.53 Å². The number of carbonyl (C=O) groups excluding carboxylic acids is 2. The minimum Gasteiger partial charge on any atom is -0.465 e. The molecule has 0 heterocycles. The van der Waals surface area contributed by atoms with E-state index in [1.807, 2.05) is 19.1 Å². The zero-order valence-electron chi connectivity index (χ0n) is 11.7. The van der Waals surface area contributed by atoms with E-state index in [1.165, 1.54) is 0 Å². The van der Waals surface area contributed by atoms with Crippen LogP contribution >= 0.6 is 0 Å². The van der Waals surface area contributed by atoms with Crippen LogP contribution in [0, 0.1) is 18.8 Å². The number of carbonyl (C=O) groups is 2. The molecule has 1 rings (SSSR count). The molecule has 1 aromatic carbocycles. The molecule has 0 aromatic heterocycles. The van der Waals surface area contributed by atoms with Crippen LogP contribution in [0.1, 0.15) is 28.4 Å². The first kappa shape index (κ1) is 15.7. The summed E-state index contributed by atoms with van der Waals surface area (Å²) < 4.78 is 4.74. The molecule has 0 aliphatic rings. The topological polar surface area (TPSA) is 81.4 Å². The molecule has 0 unspecified atom stereocenters. The van der Waals surface area contributed by atoms with Gasteiger partial charge in [-0.1, -0.05) is 17.9 Å². The molecule has 1 aromatic rings. The number of nitrogens with one attached hydrogen (secondary N) is 1. The molecule has 0 saturated heterocycles. The van der Waals surface area contributed by atoms with Gasteiger partial charge in [-0.05, 0) is 31.5 Å². The molecule has 0 fully saturated rings. The van der Waals surface area contributed by atoms with Crippen molar-refractivity contribution in [1.82, 2.24) is 5.32 Å². The van der Waals surface area contributed by atoms with Crippen molar-refractivity contribution < 1.29 is 14.3 Å². The maximum Gasteiger partial charge on any atom is 0.325 e. The van der Waals surface area contributed by atoms with Crippen LogP contribution in [0.4, 0.5) is 0 Å². The Bertz CT molecular complexity index is 556. The Hall–Kier alpha value is -2.32. The molecular formula is C15H18N2O3. The maximum absolute atomic E-state index is 12.0. The summed E-state index contributed by atoms with van der Waals surface area (Å²) in [6.45, 7) is 3.96. The molecule has 20 heavy (non-hydrogen) atoms. The molecule has 0 atom stereocenters. The SMILES string of the molecule is CCOC(=O)CNC(=O)c1ccc(C)cc1C#CCN. The number of rotatable bonds is 4. The van der Waals surface area contributed by atoms with E-state index in [4.69, 9.17) is 10.5 Å². The first-order valence-corrected chi connectivity index (χ1v) is 6.32. The molecule has 5 nitrogen and oxygen atoms in total. The number of ether oxygens (including phenoxy) is 1. The second-order valence-electron chi connectivity index (χ2n) is 4.04. The van der Waals surface area contributed by atoms with E-state index < -0.39 is 5.97 Å². The monoisotopic (exact) mass is 274 g/mol. The van der Waals surface area contributed by atoms with Crippen molar-refractivity contribution in [1.29, 1.82) is 0 Å². The lowest BCUT2D eigenvalue weighted by Crippen LogP contribution is -2.31. The number of benzene rings is 1. The van der Waals surface area contributed by atoms with Gasteiger partial charge < -0.3 is 15.8 Å². The fourth-order valence-corrected chi connectivity index (χ4v) is 1.57. The van der Waals surface area contributed by atoms with Crippen LogP contribution in [0.15, 0.2) is 18.2 Å². The predicted octanol–water partition coefficient (Wildman–Crippen LogP) is 0.598. The van der Waals surface area contributed by atoms with Crippen molar-refractivity contribution in [2.75, 3.05) is 19.7 Å². The van der Waals surface area contributed by atoms with Gasteiger partial charge in [0.1, 0.15) is 6.54 Å². The zero-order chi connectivity index (χ0) is 15.0. The lowest BCUT2D eigenvalue weighted by Gasteiger charge is -2.07. The normalized spacial score (nSPS) is 9.35. The first-order chi connectivity index (χ1) is 9.58. The van der Waals surface area contributed by atoms with Gasteiger partial charge in [0.2, 0.25) is 0 Å². The van der Waals surface area contributed by atoms with Gasteiger partial charge in [0.25, 0.3) is 5.91 Å². The Balaban J connectivity index is 2.84. The molecule has 0 aliphatic heterocycles. The first-order valence-electron chi connectivity index (χ1n) is 6.32. The van der Waals surface area contributed by atoms with Crippen molar-refractivity contribution >= 4 is 11.9 Å². The van der Waals surface area contributed by atoms with Crippen molar-refractivity contribution in [3.8, 4) is 11.8 Å². The number of nitrogens with two attached hydrogens (primary N) is 1. The molecule has 106 valence electrons. The fourth-order valence-electron chi connectivity index (χ4n) is 1.57. The van der Waals surface area contributed by atoms with Crippen LogP contribution in [0.2, 0.25) is 0 Å². The number of esters is 1. The Morgan fingerprint density at radius 2 is 2.15 bits per heavy atom. The van der Waals surface area contributed by atoms with Gasteiger partial charge in [-0.2, -0.15) is 0 Å². The summed E-state index contributed by atoms with van der Waals surface area (Å²) in [6, 6.07) is 5.30. The maximum atomic E-state index is 12.0. The van der Waals surface area contributed by atoms with E-state index in [0.29, 0.717) is 11.1 Å². The Kier molecular flexibility index (Phi) is 6.27. The average Bonchev–Trinajstić information content (AvgIpc) is 2.43. The van der Waals surface area contributed by atoms with Gasteiger partial charge in [-0.3, -0.25) is 9.59 Å². The molecule has 1 amide bonds. The van der Waals surface area contributed by atoms with E-state index in [9.17, 15) is 9.59 Å². The van der Waals surface area contributed by atoms with Crippen LogP contribution in [0.3, 0.4) is 0 Å². The zero-order valence-corrected chi connectivity index (χ0v) is 11.7. The summed E-state index contributed by atoms with van der Waals surface area (Å²) in [6.07, 6.45) is 0. The lowest BCUT2D eigenvalue weighted by molar-refractivity contribution is -0.141. The Morgan fingerprint density at radius 3 is 2.80 bits per heavy atom. The smallest absolute Gasteiger partial charge is 0.325 e. The van der Waals surface area contributed by atoms with Crippen molar-refractivity contribution in [3.05, 3.63) is 34.9 Å². The molecule has 3 N–H and O–H groups in total. The minimum absolute atomic E-state index is 0.162. The van der Waals surface area contributed by atoms with E-state index in [-0.39, 0.29) is 25.6 Å². The quantitative estimate of drug-likeness (QED) is 0.622. The summed E-state index contributed by atoms with van der Waals surface area (Å²) in [5.41, 5.74) is 7.34. The van der Waals surface area contributed by atoms with Crippen molar-refractivity contribution in [2.24, 2.45) is 5.73 Å². The Morgan fingerprint density at radius 1 is 1.40 bits per heavy atom. The van der Waals surface area contributed by atoms with E-state index in [1.54, 1.807) is 13.0 Å². The van der Waals surface area contributed by atoms with Crippen LogP contribution in [0.5, 0.6) is 0 Å². The third kappa shape index (κ3) is 4.75. The van der Waals surface area contributed by atoms with Crippen molar-refractivity contribution in [2.45, 2.75) is 13.8 Å². The molecular weight excluding hydrogens is 256 g/mol. The number of amides is 1. The second kappa shape index (κ2) is 7.97. The highest BCUT2D eigenvalue weighted by molar-refractivity contribution is 5.98. The number of hydrogen-bond donors (Lipinski definition) is 2. The van der Waals surface area contributed by atoms with Gasteiger partial charge in [0.15, 0.2) is 0 Å². The third-order valence-corrected chi connectivity index (χ3v) is 2.44. The third-order valence-electron chi connectivity index (χ3n) is 2.44. The van der Waals surface area contributed by atoms with Crippen molar-refractivity contribution in [3.63, 3.8) is 0 Å². The molecule has 5 heteroatoms. The van der Waals surface area contributed by atoms with Gasteiger partial charge in [0, 0.05) is 5.56 Å². The molecule has 0 aliphatic carbocycles.